The summed E-state index contributed by atoms with van der Waals surface area (Å²) in [6.07, 6.45) is 0. The molecular formula is C9H11ClFNO3. The third-order valence-electron chi connectivity index (χ3n) is 1.77. The van der Waals surface area contributed by atoms with Crippen molar-refractivity contribution in [3.05, 3.63) is 29.6 Å². The van der Waals surface area contributed by atoms with Crippen molar-refractivity contribution in [1.29, 1.82) is 0 Å². The van der Waals surface area contributed by atoms with Crippen LogP contribution in [0.2, 0.25) is 0 Å². The number of esters is 1. The minimum Gasteiger partial charge on any atom is -0.508 e. The fourth-order valence-corrected chi connectivity index (χ4v) is 1.02. The van der Waals surface area contributed by atoms with Gasteiger partial charge in [0.1, 0.15) is 17.6 Å². The molecule has 0 aliphatic rings. The molecule has 0 aromatic heterocycles. The number of carbonyl (C=O) groups is 1. The smallest absolute Gasteiger partial charge is 0.327 e. The van der Waals surface area contributed by atoms with Crippen LogP contribution in [-0.4, -0.2) is 18.2 Å². The fourth-order valence-electron chi connectivity index (χ4n) is 1.02. The first-order valence-electron chi connectivity index (χ1n) is 3.88. The van der Waals surface area contributed by atoms with Crippen molar-refractivity contribution in [2.75, 3.05) is 7.11 Å². The summed E-state index contributed by atoms with van der Waals surface area (Å²) in [7, 11) is 1.17. The molecule has 4 nitrogen and oxygen atoms in total. The molecule has 0 unspecified atom stereocenters. The lowest BCUT2D eigenvalue weighted by atomic mass is 10.1. The maximum Gasteiger partial charge on any atom is 0.327 e. The predicted octanol–water partition coefficient (Wildman–Crippen LogP) is 1.13. The molecule has 0 spiro atoms. The van der Waals surface area contributed by atoms with Gasteiger partial charge < -0.3 is 15.6 Å². The van der Waals surface area contributed by atoms with Gasteiger partial charge in [0.2, 0.25) is 0 Å². The molecule has 6 heteroatoms. The molecule has 0 amide bonds. The van der Waals surface area contributed by atoms with Crippen molar-refractivity contribution in [1.82, 2.24) is 0 Å². The van der Waals surface area contributed by atoms with Gasteiger partial charge in [-0.1, -0.05) is 6.07 Å². The average Bonchev–Trinajstić information content (AvgIpc) is 2.15. The van der Waals surface area contributed by atoms with Crippen molar-refractivity contribution in [2.24, 2.45) is 5.73 Å². The summed E-state index contributed by atoms with van der Waals surface area (Å²) in [5, 5.41) is 8.92. The second kappa shape index (κ2) is 5.53. The molecule has 1 atom stereocenters. The molecule has 0 heterocycles. The van der Waals surface area contributed by atoms with Gasteiger partial charge in [-0.2, -0.15) is 0 Å². The third-order valence-corrected chi connectivity index (χ3v) is 1.77. The van der Waals surface area contributed by atoms with Crippen molar-refractivity contribution in [3.8, 4) is 5.75 Å². The van der Waals surface area contributed by atoms with Gasteiger partial charge in [0.25, 0.3) is 0 Å². The zero-order chi connectivity index (χ0) is 10.7. The number of rotatable bonds is 2. The molecule has 0 bridgehead atoms. The fraction of sp³-hybridized carbons (Fsp3) is 0.222. The van der Waals surface area contributed by atoms with Crippen LogP contribution in [-0.2, 0) is 9.53 Å². The summed E-state index contributed by atoms with van der Waals surface area (Å²) < 4.78 is 17.5. The lowest BCUT2D eigenvalue weighted by molar-refractivity contribution is -0.142. The van der Waals surface area contributed by atoms with Crippen LogP contribution >= 0.6 is 12.4 Å². The maximum absolute atomic E-state index is 13.1. The number of hydrogen-bond acceptors (Lipinski definition) is 4. The molecule has 0 saturated carbocycles. The Kier molecular flexibility index (Phi) is 5.04. The second-order valence-electron chi connectivity index (χ2n) is 2.71. The van der Waals surface area contributed by atoms with Crippen molar-refractivity contribution >= 4 is 18.4 Å². The normalized spacial score (nSPS) is 11.4. The molecule has 0 radical (unpaired) electrons. The molecule has 84 valence electrons. The highest BCUT2D eigenvalue weighted by Gasteiger charge is 2.19. The van der Waals surface area contributed by atoms with Gasteiger partial charge in [0.15, 0.2) is 0 Å². The number of carbonyl (C=O) groups excluding carboxylic acids is 1. The van der Waals surface area contributed by atoms with E-state index in [-0.39, 0.29) is 23.7 Å². The summed E-state index contributed by atoms with van der Waals surface area (Å²) in [5.74, 6) is -1.68. The molecule has 1 aromatic rings. The molecule has 0 aliphatic heterocycles. The van der Waals surface area contributed by atoms with E-state index >= 15 is 0 Å². The molecule has 1 aromatic carbocycles. The number of nitrogens with two attached hydrogens (primary N) is 1. The van der Waals surface area contributed by atoms with Gasteiger partial charge in [-0.05, 0) is 6.07 Å². The first kappa shape index (κ1) is 13.7. The Labute approximate surface area is 92.3 Å². The summed E-state index contributed by atoms with van der Waals surface area (Å²) in [6.45, 7) is 0. The number of hydrogen-bond donors (Lipinski definition) is 2. The molecule has 0 aliphatic carbocycles. The van der Waals surface area contributed by atoms with Crippen LogP contribution in [0.5, 0.6) is 5.75 Å². The van der Waals surface area contributed by atoms with Crippen LogP contribution in [0.25, 0.3) is 0 Å². The highest BCUT2D eigenvalue weighted by Crippen LogP contribution is 2.20. The van der Waals surface area contributed by atoms with Crippen molar-refractivity contribution < 1.29 is 19.0 Å². The number of aromatic hydroxyl groups is 1. The molecule has 0 fully saturated rings. The van der Waals surface area contributed by atoms with E-state index in [0.29, 0.717) is 0 Å². The Morgan fingerprint density at radius 1 is 1.60 bits per heavy atom. The van der Waals surface area contributed by atoms with E-state index in [4.69, 9.17) is 10.8 Å². The highest BCUT2D eigenvalue weighted by molar-refractivity contribution is 5.85. The second-order valence-corrected chi connectivity index (χ2v) is 2.71. The van der Waals surface area contributed by atoms with Gasteiger partial charge in [-0.15, -0.1) is 12.4 Å². The number of halogens is 2. The van der Waals surface area contributed by atoms with E-state index in [0.717, 1.165) is 6.07 Å². The standard InChI is InChI=1S/C9H10FNO3.ClH/c1-14-9(13)8(11)6-3-2-5(12)4-7(6)10;/h2-4,8,12H,11H2,1H3;1H/t8-;/m1./s1. The molecule has 3 N–H and O–H groups in total. The minimum absolute atomic E-state index is 0. The highest BCUT2D eigenvalue weighted by atomic mass is 35.5. The van der Waals surface area contributed by atoms with Gasteiger partial charge in [0.05, 0.1) is 7.11 Å². The Morgan fingerprint density at radius 3 is 2.67 bits per heavy atom. The maximum atomic E-state index is 13.1. The van der Waals surface area contributed by atoms with Gasteiger partial charge in [0, 0.05) is 11.6 Å². The third kappa shape index (κ3) is 3.07. The summed E-state index contributed by atoms with van der Waals surface area (Å²) >= 11 is 0. The SMILES string of the molecule is COC(=O)[C@H](N)c1ccc(O)cc1F.Cl. The molecule has 0 saturated heterocycles. The van der Waals surface area contributed by atoms with E-state index in [1.807, 2.05) is 0 Å². The van der Waals surface area contributed by atoms with Crippen LogP contribution in [0.1, 0.15) is 11.6 Å². The van der Waals surface area contributed by atoms with E-state index in [1.54, 1.807) is 0 Å². The van der Waals surface area contributed by atoms with Crippen molar-refractivity contribution in [3.63, 3.8) is 0 Å². The number of phenolic OH excluding ortho intramolecular Hbond substituents is 1. The van der Waals surface area contributed by atoms with E-state index in [1.165, 1.54) is 19.2 Å². The zero-order valence-corrected chi connectivity index (χ0v) is 8.75. The topological polar surface area (TPSA) is 72.5 Å². The van der Waals surface area contributed by atoms with Gasteiger partial charge in [-0.25, -0.2) is 4.39 Å². The number of benzene rings is 1. The molecule has 15 heavy (non-hydrogen) atoms. The van der Waals surface area contributed by atoms with Gasteiger partial charge >= 0.3 is 5.97 Å². The zero-order valence-electron chi connectivity index (χ0n) is 7.94. The lowest BCUT2D eigenvalue weighted by Crippen LogP contribution is -2.23. The monoisotopic (exact) mass is 235 g/mol. The number of ether oxygens (including phenoxy) is 1. The summed E-state index contributed by atoms with van der Waals surface area (Å²) in [4.78, 5) is 11.0. The average molecular weight is 236 g/mol. The minimum atomic E-state index is -1.17. The molecule has 1 rings (SSSR count). The van der Waals surface area contributed by atoms with Crippen LogP contribution in [0.3, 0.4) is 0 Å². The molecular weight excluding hydrogens is 225 g/mol. The summed E-state index contributed by atoms with van der Waals surface area (Å²) in [5.41, 5.74) is 5.40. The van der Waals surface area contributed by atoms with E-state index in [9.17, 15) is 9.18 Å². The van der Waals surface area contributed by atoms with Crippen LogP contribution < -0.4 is 5.73 Å². The lowest BCUT2D eigenvalue weighted by Gasteiger charge is -2.10. The van der Waals surface area contributed by atoms with E-state index < -0.39 is 17.8 Å². The first-order valence-corrected chi connectivity index (χ1v) is 3.88. The Bertz CT molecular complexity index is 359. The number of methoxy groups -OCH3 is 1. The number of phenols is 1. The van der Waals surface area contributed by atoms with Crippen LogP contribution in [0.4, 0.5) is 4.39 Å². The van der Waals surface area contributed by atoms with Crippen LogP contribution in [0.15, 0.2) is 18.2 Å². The Hall–Kier alpha value is -1.33. The Morgan fingerprint density at radius 2 is 2.20 bits per heavy atom. The van der Waals surface area contributed by atoms with Gasteiger partial charge in [-0.3, -0.25) is 4.79 Å². The Balaban J connectivity index is 0.00000196. The quantitative estimate of drug-likeness (QED) is 0.754. The largest absolute Gasteiger partial charge is 0.508 e. The van der Waals surface area contributed by atoms with Crippen LogP contribution in [0, 0.1) is 5.82 Å². The van der Waals surface area contributed by atoms with Crippen molar-refractivity contribution in [2.45, 2.75) is 6.04 Å². The summed E-state index contributed by atoms with van der Waals surface area (Å²) in [6, 6.07) is 2.21. The van der Waals surface area contributed by atoms with E-state index in [2.05, 4.69) is 4.74 Å². The first-order chi connectivity index (χ1) is 6.56. The predicted molar refractivity (Wildman–Crippen MR) is 54.3 cm³/mol.